The van der Waals surface area contributed by atoms with Crippen LogP contribution in [-0.2, 0) is 0 Å². The quantitative estimate of drug-likeness (QED) is 0.754. The van der Waals surface area contributed by atoms with Gasteiger partial charge >= 0.3 is 0 Å². The van der Waals surface area contributed by atoms with Crippen molar-refractivity contribution in [1.29, 1.82) is 0 Å². The molecule has 15 heavy (non-hydrogen) atoms. The van der Waals surface area contributed by atoms with Crippen LogP contribution in [0.4, 0.5) is 0 Å². The zero-order valence-corrected chi connectivity index (χ0v) is 9.86. The average molecular weight is 212 g/mol. The van der Waals surface area contributed by atoms with E-state index in [4.69, 9.17) is 0 Å². The summed E-state index contributed by atoms with van der Waals surface area (Å²) in [5, 5.41) is 9.33. The Morgan fingerprint density at radius 2 is 1.73 bits per heavy atom. The van der Waals surface area contributed by atoms with Crippen molar-refractivity contribution in [2.75, 3.05) is 32.7 Å². The third-order valence-corrected chi connectivity index (χ3v) is 3.77. The first-order valence-electron chi connectivity index (χ1n) is 6.40. The van der Waals surface area contributed by atoms with Crippen LogP contribution >= 0.6 is 0 Å². The molecule has 2 aliphatic rings. The lowest BCUT2D eigenvalue weighted by atomic mass is 10.2. The van der Waals surface area contributed by atoms with Crippen LogP contribution in [0.15, 0.2) is 0 Å². The van der Waals surface area contributed by atoms with E-state index in [1.165, 1.54) is 38.8 Å². The molecule has 1 aliphatic heterocycles. The molecule has 1 aliphatic carbocycles. The SMILES string of the molecule is CC(O)CN1CCN(C2CCCC2)CC1. The summed E-state index contributed by atoms with van der Waals surface area (Å²) in [4.78, 5) is 5.04. The van der Waals surface area contributed by atoms with Crippen molar-refractivity contribution < 1.29 is 5.11 Å². The standard InChI is InChI=1S/C12H24N2O/c1-11(15)10-13-6-8-14(9-7-13)12-4-2-3-5-12/h11-12,15H,2-10H2,1H3. The highest BCUT2D eigenvalue weighted by atomic mass is 16.3. The average Bonchev–Trinajstić information content (AvgIpc) is 2.71. The lowest BCUT2D eigenvalue weighted by Crippen LogP contribution is -2.50. The maximum Gasteiger partial charge on any atom is 0.0639 e. The smallest absolute Gasteiger partial charge is 0.0639 e. The molecule has 0 bridgehead atoms. The molecule has 2 fully saturated rings. The molecule has 0 aromatic rings. The molecule has 1 saturated carbocycles. The number of piperazine rings is 1. The molecule has 0 aromatic heterocycles. The molecule has 3 heteroatoms. The minimum atomic E-state index is -0.178. The molecule has 3 nitrogen and oxygen atoms in total. The molecule has 0 amide bonds. The predicted octanol–water partition coefficient (Wildman–Crippen LogP) is 0.927. The first kappa shape index (κ1) is 11.4. The molecule has 88 valence electrons. The Morgan fingerprint density at radius 3 is 2.27 bits per heavy atom. The Bertz CT molecular complexity index is 182. The van der Waals surface area contributed by atoms with Crippen LogP contribution in [0.25, 0.3) is 0 Å². The Morgan fingerprint density at radius 1 is 1.13 bits per heavy atom. The van der Waals surface area contributed by atoms with Crippen LogP contribution in [0.2, 0.25) is 0 Å². The van der Waals surface area contributed by atoms with Gasteiger partial charge in [0.25, 0.3) is 0 Å². The monoisotopic (exact) mass is 212 g/mol. The Kier molecular flexibility index (Phi) is 4.00. The summed E-state index contributed by atoms with van der Waals surface area (Å²) >= 11 is 0. The molecule has 1 saturated heterocycles. The maximum absolute atomic E-state index is 9.33. The van der Waals surface area contributed by atoms with E-state index < -0.39 is 0 Å². The van der Waals surface area contributed by atoms with Crippen molar-refractivity contribution in [2.24, 2.45) is 0 Å². The maximum atomic E-state index is 9.33. The molecule has 0 aromatic carbocycles. The minimum Gasteiger partial charge on any atom is -0.392 e. The van der Waals surface area contributed by atoms with Crippen molar-refractivity contribution >= 4 is 0 Å². The zero-order chi connectivity index (χ0) is 10.7. The molecule has 2 rings (SSSR count). The topological polar surface area (TPSA) is 26.7 Å². The second kappa shape index (κ2) is 5.28. The first-order chi connectivity index (χ1) is 7.25. The summed E-state index contributed by atoms with van der Waals surface area (Å²) in [6.45, 7) is 7.42. The van der Waals surface area contributed by atoms with E-state index in [0.717, 1.165) is 25.7 Å². The summed E-state index contributed by atoms with van der Waals surface area (Å²) in [6, 6.07) is 0.874. The van der Waals surface area contributed by atoms with Crippen molar-refractivity contribution in [2.45, 2.75) is 44.8 Å². The molecule has 1 N–H and O–H groups in total. The summed E-state index contributed by atoms with van der Waals surface area (Å²) in [7, 11) is 0. The van der Waals surface area contributed by atoms with E-state index in [2.05, 4.69) is 9.80 Å². The number of hydrogen-bond donors (Lipinski definition) is 1. The highest BCUT2D eigenvalue weighted by Gasteiger charge is 2.26. The Hall–Kier alpha value is -0.120. The van der Waals surface area contributed by atoms with Gasteiger partial charge in [-0.2, -0.15) is 0 Å². The van der Waals surface area contributed by atoms with Crippen molar-refractivity contribution in [3.8, 4) is 0 Å². The molecule has 1 unspecified atom stereocenters. The number of aliphatic hydroxyl groups excluding tert-OH is 1. The zero-order valence-electron chi connectivity index (χ0n) is 9.86. The summed E-state index contributed by atoms with van der Waals surface area (Å²) < 4.78 is 0. The molecule has 1 heterocycles. The minimum absolute atomic E-state index is 0.178. The molecular weight excluding hydrogens is 188 g/mol. The second-order valence-corrected chi connectivity index (χ2v) is 5.12. The van der Waals surface area contributed by atoms with Crippen LogP contribution in [0.5, 0.6) is 0 Å². The predicted molar refractivity (Wildman–Crippen MR) is 61.9 cm³/mol. The number of rotatable bonds is 3. The van der Waals surface area contributed by atoms with E-state index >= 15 is 0 Å². The first-order valence-corrected chi connectivity index (χ1v) is 6.40. The van der Waals surface area contributed by atoms with Gasteiger partial charge in [-0.05, 0) is 19.8 Å². The molecule has 0 spiro atoms. The summed E-state index contributed by atoms with van der Waals surface area (Å²) in [5.41, 5.74) is 0. The Labute approximate surface area is 93.1 Å². The van der Waals surface area contributed by atoms with Gasteiger partial charge in [-0.15, -0.1) is 0 Å². The van der Waals surface area contributed by atoms with E-state index in [9.17, 15) is 5.11 Å². The number of nitrogens with zero attached hydrogens (tertiary/aromatic N) is 2. The fraction of sp³-hybridized carbons (Fsp3) is 1.00. The lowest BCUT2D eigenvalue weighted by molar-refractivity contribution is 0.0633. The Balaban J connectivity index is 1.71. The second-order valence-electron chi connectivity index (χ2n) is 5.12. The lowest BCUT2D eigenvalue weighted by Gasteiger charge is -2.38. The third kappa shape index (κ3) is 3.16. The molecule has 1 atom stereocenters. The largest absolute Gasteiger partial charge is 0.392 e. The molecule has 0 radical (unpaired) electrons. The van der Waals surface area contributed by atoms with Gasteiger partial charge in [0.1, 0.15) is 0 Å². The fourth-order valence-electron chi connectivity index (χ4n) is 2.95. The van der Waals surface area contributed by atoms with Crippen molar-refractivity contribution in [3.63, 3.8) is 0 Å². The highest BCUT2D eigenvalue weighted by molar-refractivity contribution is 4.82. The van der Waals surface area contributed by atoms with Gasteiger partial charge in [0.2, 0.25) is 0 Å². The van der Waals surface area contributed by atoms with E-state index in [1.807, 2.05) is 6.92 Å². The van der Waals surface area contributed by atoms with Gasteiger partial charge in [0, 0.05) is 38.8 Å². The van der Waals surface area contributed by atoms with Gasteiger partial charge in [0.05, 0.1) is 6.10 Å². The van der Waals surface area contributed by atoms with E-state index in [-0.39, 0.29) is 6.10 Å². The van der Waals surface area contributed by atoms with Crippen LogP contribution in [-0.4, -0.2) is 59.8 Å². The van der Waals surface area contributed by atoms with Crippen LogP contribution in [0.3, 0.4) is 0 Å². The van der Waals surface area contributed by atoms with Gasteiger partial charge in [-0.3, -0.25) is 9.80 Å². The van der Waals surface area contributed by atoms with Gasteiger partial charge in [0.15, 0.2) is 0 Å². The normalized spacial score (nSPS) is 28.4. The van der Waals surface area contributed by atoms with E-state index in [1.54, 1.807) is 0 Å². The van der Waals surface area contributed by atoms with Gasteiger partial charge < -0.3 is 5.11 Å². The number of aliphatic hydroxyl groups is 1. The highest BCUT2D eigenvalue weighted by Crippen LogP contribution is 2.24. The van der Waals surface area contributed by atoms with Crippen molar-refractivity contribution in [1.82, 2.24) is 9.80 Å². The van der Waals surface area contributed by atoms with Crippen LogP contribution < -0.4 is 0 Å². The van der Waals surface area contributed by atoms with E-state index in [0.29, 0.717) is 0 Å². The third-order valence-electron chi connectivity index (χ3n) is 3.77. The van der Waals surface area contributed by atoms with Crippen LogP contribution in [0.1, 0.15) is 32.6 Å². The van der Waals surface area contributed by atoms with Crippen molar-refractivity contribution in [3.05, 3.63) is 0 Å². The fourth-order valence-corrected chi connectivity index (χ4v) is 2.95. The number of β-amino-alcohol motifs (C(OH)–C–C–N with tert-alkyl or cyclic N) is 1. The van der Waals surface area contributed by atoms with Gasteiger partial charge in [-0.25, -0.2) is 0 Å². The number of hydrogen-bond acceptors (Lipinski definition) is 3. The van der Waals surface area contributed by atoms with Crippen LogP contribution in [0, 0.1) is 0 Å². The summed E-state index contributed by atoms with van der Waals surface area (Å²) in [6.07, 6.45) is 5.51. The summed E-state index contributed by atoms with van der Waals surface area (Å²) in [5.74, 6) is 0. The van der Waals surface area contributed by atoms with Gasteiger partial charge in [-0.1, -0.05) is 12.8 Å². The molecular formula is C12H24N2O.